The van der Waals surface area contributed by atoms with E-state index in [1.165, 1.54) is 5.01 Å². The van der Waals surface area contributed by atoms with Gasteiger partial charge >= 0.3 is 0 Å². The molecule has 17 heavy (non-hydrogen) atoms. The van der Waals surface area contributed by atoms with E-state index in [0.717, 1.165) is 12.1 Å². The molecule has 0 saturated heterocycles. The number of nitriles is 1. The van der Waals surface area contributed by atoms with E-state index in [9.17, 15) is 4.79 Å². The molecule has 0 spiro atoms. The fourth-order valence-corrected chi connectivity index (χ4v) is 1.94. The number of carbonyl (C=O) groups is 1. The summed E-state index contributed by atoms with van der Waals surface area (Å²) in [7, 11) is 0. The quantitative estimate of drug-likeness (QED) is 0.778. The highest BCUT2D eigenvalue weighted by Crippen LogP contribution is 2.25. The zero-order chi connectivity index (χ0) is 12.4. The van der Waals surface area contributed by atoms with Gasteiger partial charge in [-0.25, -0.2) is 5.01 Å². The van der Waals surface area contributed by atoms with Gasteiger partial charge in [-0.1, -0.05) is 6.92 Å². The first kappa shape index (κ1) is 11.3. The predicted octanol–water partition coefficient (Wildman–Crippen LogP) is 2.31. The highest BCUT2D eigenvalue weighted by molar-refractivity contribution is 6.14. The molecule has 1 aliphatic rings. The molecule has 0 radical (unpaired) electrons. The molecule has 1 heterocycles. The minimum Gasteiger partial charge on any atom is -0.272 e. The lowest BCUT2D eigenvalue weighted by Crippen LogP contribution is -2.26. The van der Waals surface area contributed by atoms with Crippen LogP contribution in [-0.2, 0) is 4.79 Å². The molecule has 1 atom stereocenters. The van der Waals surface area contributed by atoms with Gasteiger partial charge in [-0.15, -0.1) is 0 Å². The van der Waals surface area contributed by atoms with E-state index in [1.807, 2.05) is 19.9 Å². The second-order valence-corrected chi connectivity index (χ2v) is 4.01. The van der Waals surface area contributed by atoms with Crippen LogP contribution in [0.5, 0.6) is 0 Å². The predicted molar refractivity (Wildman–Crippen MR) is 65.5 cm³/mol. The second kappa shape index (κ2) is 4.38. The molecule has 2 rings (SSSR count). The summed E-state index contributed by atoms with van der Waals surface area (Å²) in [6.07, 6.45) is 0.765. The molecule has 4 heteroatoms. The van der Waals surface area contributed by atoms with Gasteiger partial charge in [0.05, 0.1) is 23.2 Å². The van der Waals surface area contributed by atoms with E-state index in [2.05, 4.69) is 5.10 Å². The SMILES string of the molecule is CCC1C(=O)N(c2ccc(C#N)cc2)N=C1C. The van der Waals surface area contributed by atoms with Crippen molar-refractivity contribution in [2.45, 2.75) is 20.3 Å². The Morgan fingerprint density at radius 1 is 1.41 bits per heavy atom. The van der Waals surface area contributed by atoms with Gasteiger partial charge in [0, 0.05) is 5.71 Å². The summed E-state index contributed by atoms with van der Waals surface area (Å²) in [6, 6.07) is 8.90. The number of amides is 1. The van der Waals surface area contributed by atoms with Crippen molar-refractivity contribution in [1.82, 2.24) is 0 Å². The summed E-state index contributed by atoms with van der Waals surface area (Å²) < 4.78 is 0. The van der Waals surface area contributed by atoms with E-state index < -0.39 is 0 Å². The molecule has 0 saturated carbocycles. The Balaban J connectivity index is 2.30. The van der Waals surface area contributed by atoms with Gasteiger partial charge in [-0.2, -0.15) is 10.4 Å². The lowest BCUT2D eigenvalue weighted by molar-refractivity contribution is -0.119. The van der Waals surface area contributed by atoms with Crippen molar-refractivity contribution in [2.24, 2.45) is 11.0 Å². The summed E-state index contributed by atoms with van der Waals surface area (Å²) in [5.74, 6) is -0.0969. The molecular weight excluding hydrogens is 214 g/mol. The van der Waals surface area contributed by atoms with Gasteiger partial charge < -0.3 is 0 Å². The molecule has 1 unspecified atom stereocenters. The maximum Gasteiger partial charge on any atom is 0.256 e. The van der Waals surface area contributed by atoms with Crippen LogP contribution in [0.4, 0.5) is 5.69 Å². The molecule has 1 aromatic rings. The van der Waals surface area contributed by atoms with Gasteiger partial charge in [0.25, 0.3) is 5.91 Å². The van der Waals surface area contributed by atoms with E-state index >= 15 is 0 Å². The summed E-state index contributed by atoms with van der Waals surface area (Å²) in [6.45, 7) is 3.85. The van der Waals surface area contributed by atoms with E-state index in [1.54, 1.807) is 24.3 Å². The van der Waals surface area contributed by atoms with Crippen LogP contribution in [0.25, 0.3) is 0 Å². The molecule has 0 fully saturated rings. The maximum atomic E-state index is 12.0. The molecule has 0 N–H and O–H groups in total. The molecule has 1 amide bonds. The molecule has 1 aliphatic heterocycles. The fraction of sp³-hybridized carbons (Fsp3) is 0.308. The molecule has 86 valence electrons. The van der Waals surface area contributed by atoms with E-state index in [-0.39, 0.29) is 11.8 Å². The van der Waals surface area contributed by atoms with Crippen LogP contribution in [0, 0.1) is 17.2 Å². The first-order valence-corrected chi connectivity index (χ1v) is 5.56. The van der Waals surface area contributed by atoms with Gasteiger partial charge in [0.2, 0.25) is 0 Å². The summed E-state index contributed by atoms with van der Waals surface area (Å²) in [5.41, 5.74) is 2.14. The number of carbonyl (C=O) groups excluding carboxylic acids is 1. The number of rotatable bonds is 2. The molecular formula is C13H13N3O. The number of hydrazone groups is 1. The van der Waals surface area contributed by atoms with Crippen molar-refractivity contribution in [1.29, 1.82) is 5.26 Å². The Bertz CT molecular complexity index is 510. The van der Waals surface area contributed by atoms with E-state index in [0.29, 0.717) is 11.3 Å². The van der Waals surface area contributed by atoms with E-state index in [4.69, 9.17) is 5.26 Å². The Hall–Kier alpha value is -2.15. The number of nitrogens with zero attached hydrogens (tertiary/aromatic N) is 3. The first-order valence-electron chi connectivity index (χ1n) is 5.56. The summed E-state index contributed by atoms with van der Waals surface area (Å²) in [4.78, 5) is 12.0. The van der Waals surface area contributed by atoms with Crippen molar-refractivity contribution in [3.8, 4) is 6.07 Å². The molecule has 4 nitrogen and oxygen atoms in total. The largest absolute Gasteiger partial charge is 0.272 e. The van der Waals surface area contributed by atoms with Crippen molar-refractivity contribution in [3.05, 3.63) is 29.8 Å². The van der Waals surface area contributed by atoms with Gasteiger partial charge in [-0.3, -0.25) is 4.79 Å². The Labute approximate surface area is 100 Å². The highest BCUT2D eigenvalue weighted by atomic mass is 16.2. The van der Waals surface area contributed by atoms with Crippen LogP contribution < -0.4 is 5.01 Å². The second-order valence-electron chi connectivity index (χ2n) is 4.01. The normalized spacial score (nSPS) is 19.1. The number of anilines is 1. The minimum atomic E-state index is -0.106. The molecule has 1 aromatic carbocycles. The van der Waals surface area contributed by atoms with Gasteiger partial charge in [0.1, 0.15) is 0 Å². The van der Waals surface area contributed by atoms with Gasteiger partial charge in [-0.05, 0) is 37.6 Å². The van der Waals surface area contributed by atoms with Crippen LogP contribution in [0.1, 0.15) is 25.8 Å². The Morgan fingerprint density at radius 2 is 2.06 bits per heavy atom. The molecule has 0 bridgehead atoms. The Kier molecular flexibility index (Phi) is 2.92. The third-order valence-electron chi connectivity index (χ3n) is 2.92. The monoisotopic (exact) mass is 227 g/mol. The maximum absolute atomic E-state index is 12.0. The molecule has 0 aliphatic carbocycles. The minimum absolute atomic E-state index is 0.00899. The topological polar surface area (TPSA) is 56.5 Å². The van der Waals surface area contributed by atoms with Gasteiger partial charge in [0.15, 0.2) is 0 Å². The summed E-state index contributed by atoms with van der Waals surface area (Å²) >= 11 is 0. The van der Waals surface area contributed by atoms with Crippen LogP contribution in [0.2, 0.25) is 0 Å². The van der Waals surface area contributed by atoms with Crippen LogP contribution >= 0.6 is 0 Å². The zero-order valence-corrected chi connectivity index (χ0v) is 9.84. The highest BCUT2D eigenvalue weighted by Gasteiger charge is 2.32. The van der Waals surface area contributed by atoms with Crippen LogP contribution in [-0.4, -0.2) is 11.6 Å². The third-order valence-corrected chi connectivity index (χ3v) is 2.92. The standard InChI is InChI=1S/C13H13N3O/c1-3-12-9(2)15-16(13(12)17)11-6-4-10(8-14)5-7-11/h4-7,12H,3H2,1-2H3. The zero-order valence-electron chi connectivity index (χ0n) is 9.84. The number of hydrogen-bond acceptors (Lipinski definition) is 3. The number of hydrogen-bond donors (Lipinski definition) is 0. The fourth-order valence-electron chi connectivity index (χ4n) is 1.94. The van der Waals surface area contributed by atoms with Crippen LogP contribution in [0.15, 0.2) is 29.4 Å². The van der Waals surface area contributed by atoms with Crippen molar-refractivity contribution < 1.29 is 4.79 Å². The average molecular weight is 227 g/mol. The Morgan fingerprint density at radius 3 is 2.53 bits per heavy atom. The van der Waals surface area contributed by atoms with Crippen molar-refractivity contribution in [2.75, 3.05) is 5.01 Å². The lowest BCUT2D eigenvalue weighted by atomic mass is 10.0. The molecule has 0 aromatic heterocycles. The number of benzene rings is 1. The van der Waals surface area contributed by atoms with Crippen LogP contribution in [0.3, 0.4) is 0 Å². The van der Waals surface area contributed by atoms with Crippen molar-refractivity contribution in [3.63, 3.8) is 0 Å². The average Bonchev–Trinajstić information content (AvgIpc) is 2.64. The first-order chi connectivity index (χ1) is 8.17. The van der Waals surface area contributed by atoms with Crippen molar-refractivity contribution >= 4 is 17.3 Å². The summed E-state index contributed by atoms with van der Waals surface area (Å²) in [5, 5.41) is 14.4. The smallest absolute Gasteiger partial charge is 0.256 e. The lowest BCUT2D eigenvalue weighted by Gasteiger charge is -2.13. The third kappa shape index (κ3) is 1.92.